The van der Waals surface area contributed by atoms with E-state index >= 15 is 0 Å². The predicted molar refractivity (Wildman–Crippen MR) is 66.3 cm³/mol. The molecule has 1 aromatic carbocycles. The Labute approximate surface area is 114 Å². The standard InChI is InChI=1S/C15H15F5/c1-2-9-3-5-10(6-4-9)11-7-12(16)14(13(17)8-11)15(18,19)20/h2,7-10H,1,3-6H2. The minimum Gasteiger partial charge on any atom is -0.206 e. The van der Waals surface area contributed by atoms with Crippen LogP contribution in [0.3, 0.4) is 0 Å². The normalized spacial score (nSPS) is 23.6. The number of rotatable bonds is 2. The van der Waals surface area contributed by atoms with Gasteiger partial charge < -0.3 is 0 Å². The lowest BCUT2D eigenvalue weighted by atomic mass is 9.78. The molecule has 0 saturated heterocycles. The lowest BCUT2D eigenvalue weighted by Gasteiger charge is -2.27. The molecule has 0 unspecified atom stereocenters. The molecule has 0 atom stereocenters. The smallest absolute Gasteiger partial charge is 0.206 e. The number of alkyl halides is 3. The molecule has 0 heterocycles. The number of allylic oxidation sites excluding steroid dienone is 1. The van der Waals surface area contributed by atoms with Crippen molar-refractivity contribution in [3.05, 3.63) is 47.5 Å². The topological polar surface area (TPSA) is 0 Å². The molecule has 0 aliphatic heterocycles. The second-order valence-electron chi connectivity index (χ2n) is 5.20. The minimum absolute atomic E-state index is 0.0857. The van der Waals surface area contributed by atoms with Gasteiger partial charge in [-0.25, -0.2) is 8.78 Å². The number of hydrogen-bond acceptors (Lipinski definition) is 0. The molecule has 1 fully saturated rings. The Kier molecular flexibility index (Phi) is 4.16. The Hall–Kier alpha value is -1.39. The molecule has 1 saturated carbocycles. The fourth-order valence-corrected chi connectivity index (χ4v) is 2.79. The molecular formula is C15H15F5. The van der Waals surface area contributed by atoms with E-state index in [1.165, 1.54) is 0 Å². The van der Waals surface area contributed by atoms with Crippen molar-refractivity contribution in [3.8, 4) is 0 Å². The van der Waals surface area contributed by atoms with Gasteiger partial charge in [-0.1, -0.05) is 6.08 Å². The zero-order valence-electron chi connectivity index (χ0n) is 10.8. The minimum atomic E-state index is -5.01. The predicted octanol–water partition coefficient (Wildman–Crippen LogP) is 5.44. The highest BCUT2D eigenvalue weighted by molar-refractivity contribution is 5.30. The molecule has 0 bridgehead atoms. The molecular weight excluding hydrogens is 275 g/mol. The number of halogens is 5. The summed E-state index contributed by atoms with van der Waals surface area (Å²) in [5.41, 5.74) is -1.49. The Morgan fingerprint density at radius 2 is 1.50 bits per heavy atom. The fourth-order valence-electron chi connectivity index (χ4n) is 2.79. The molecule has 2 rings (SSSR count). The fraction of sp³-hybridized carbons (Fsp3) is 0.467. The van der Waals surface area contributed by atoms with E-state index in [1.54, 1.807) is 0 Å². The highest BCUT2D eigenvalue weighted by Crippen LogP contribution is 2.39. The van der Waals surface area contributed by atoms with Gasteiger partial charge in [0.1, 0.15) is 17.2 Å². The first kappa shape index (κ1) is 15.0. The summed E-state index contributed by atoms with van der Waals surface area (Å²) in [6.45, 7) is 3.70. The summed E-state index contributed by atoms with van der Waals surface area (Å²) in [4.78, 5) is 0. The Morgan fingerprint density at radius 3 is 1.90 bits per heavy atom. The van der Waals surface area contributed by atoms with Crippen molar-refractivity contribution in [3.63, 3.8) is 0 Å². The zero-order chi connectivity index (χ0) is 14.9. The van der Waals surface area contributed by atoms with E-state index in [4.69, 9.17) is 0 Å². The third-order valence-electron chi connectivity index (χ3n) is 3.92. The molecule has 0 aromatic heterocycles. The van der Waals surface area contributed by atoms with Crippen molar-refractivity contribution >= 4 is 0 Å². The monoisotopic (exact) mass is 290 g/mol. The maximum absolute atomic E-state index is 13.5. The van der Waals surface area contributed by atoms with Crippen LogP contribution in [-0.4, -0.2) is 0 Å². The summed E-state index contributed by atoms with van der Waals surface area (Å²) in [6, 6.07) is 1.65. The molecule has 0 spiro atoms. The van der Waals surface area contributed by atoms with Gasteiger partial charge in [-0.2, -0.15) is 13.2 Å². The van der Waals surface area contributed by atoms with Crippen molar-refractivity contribution in [2.24, 2.45) is 5.92 Å². The van der Waals surface area contributed by atoms with Gasteiger partial charge in [0, 0.05) is 0 Å². The van der Waals surface area contributed by atoms with Crippen LogP contribution in [0.25, 0.3) is 0 Å². The van der Waals surface area contributed by atoms with Crippen molar-refractivity contribution in [1.82, 2.24) is 0 Å². The zero-order valence-corrected chi connectivity index (χ0v) is 10.8. The first-order valence-corrected chi connectivity index (χ1v) is 6.51. The van der Waals surface area contributed by atoms with Gasteiger partial charge in [0.25, 0.3) is 0 Å². The van der Waals surface area contributed by atoms with Crippen LogP contribution in [0.15, 0.2) is 24.8 Å². The summed E-state index contributed by atoms with van der Waals surface area (Å²) < 4.78 is 64.5. The molecule has 110 valence electrons. The average Bonchev–Trinajstić information content (AvgIpc) is 2.36. The highest BCUT2D eigenvalue weighted by atomic mass is 19.4. The first-order chi connectivity index (χ1) is 9.32. The van der Waals surface area contributed by atoms with Crippen LogP contribution in [0.5, 0.6) is 0 Å². The van der Waals surface area contributed by atoms with Crippen LogP contribution in [-0.2, 0) is 6.18 Å². The molecule has 0 N–H and O–H groups in total. The Balaban J connectivity index is 2.25. The average molecular weight is 290 g/mol. The van der Waals surface area contributed by atoms with E-state index < -0.39 is 23.4 Å². The Bertz CT molecular complexity index is 472. The van der Waals surface area contributed by atoms with Crippen LogP contribution in [0.1, 0.15) is 42.7 Å². The van der Waals surface area contributed by atoms with Crippen LogP contribution in [0.2, 0.25) is 0 Å². The largest absolute Gasteiger partial charge is 0.422 e. The SMILES string of the molecule is C=CC1CCC(c2cc(F)c(C(F)(F)F)c(F)c2)CC1. The molecule has 20 heavy (non-hydrogen) atoms. The van der Waals surface area contributed by atoms with Crippen LogP contribution in [0.4, 0.5) is 22.0 Å². The van der Waals surface area contributed by atoms with E-state index in [0.29, 0.717) is 24.3 Å². The van der Waals surface area contributed by atoms with E-state index in [0.717, 1.165) is 25.0 Å². The van der Waals surface area contributed by atoms with Gasteiger partial charge in [0.05, 0.1) is 0 Å². The molecule has 0 amide bonds. The molecule has 0 nitrogen and oxygen atoms in total. The van der Waals surface area contributed by atoms with Crippen LogP contribution >= 0.6 is 0 Å². The molecule has 5 heteroatoms. The number of benzene rings is 1. The van der Waals surface area contributed by atoms with Gasteiger partial charge in [-0.15, -0.1) is 6.58 Å². The van der Waals surface area contributed by atoms with Crippen molar-refractivity contribution in [1.29, 1.82) is 0 Å². The molecule has 1 aliphatic carbocycles. The lowest BCUT2D eigenvalue weighted by molar-refractivity contribution is -0.142. The Morgan fingerprint density at radius 1 is 1.00 bits per heavy atom. The molecule has 1 aromatic rings. The van der Waals surface area contributed by atoms with E-state index in [2.05, 4.69) is 6.58 Å². The molecule has 0 radical (unpaired) electrons. The third-order valence-corrected chi connectivity index (χ3v) is 3.92. The van der Waals surface area contributed by atoms with Crippen molar-refractivity contribution in [2.75, 3.05) is 0 Å². The van der Waals surface area contributed by atoms with Gasteiger partial charge in [-0.05, 0) is 55.2 Å². The first-order valence-electron chi connectivity index (χ1n) is 6.51. The van der Waals surface area contributed by atoms with Crippen molar-refractivity contribution in [2.45, 2.75) is 37.8 Å². The second-order valence-corrected chi connectivity index (χ2v) is 5.20. The van der Waals surface area contributed by atoms with Gasteiger partial charge in [-0.3, -0.25) is 0 Å². The maximum Gasteiger partial charge on any atom is 0.422 e. The van der Waals surface area contributed by atoms with Gasteiger partial charge in [0.2, 0.25) is 0 Å². The summed E-state index contributed by atoms with van der Waals surface area (Å²) in [5.74, 6) is -2.76. The summed E-state index contributed by atoms with van der Waals surface area (Å²) in [7, 11) is 0. The third kappa shape index (κ3) is 3.02. The van der Waals surface area contributed by atoms with E-state index in [-0.39, 0.29) is 5.92 Å². The number of hydrogen-bond donors (Lipinski definition) is 0. The van der Waals surface area contributed by atoms with E-state index in [9.17, 15) is 22.0 Å². The summed E-state index contributed by atoms with van der Waals surface area (Å²) >= 11 is 0. The van der Waals surface area contributed by atoms with Gasteiger partial charge >= 0.3 is 6.18 Å². The van der Waals surface area contributed by atoms with Crippen LogP contribution < -0.4 is 0 Å². The van der Waals surface area contributed by atoms with Gasteiger partial charge in [0.15, 0.2) is 0 Å². The quantitative estimate of drug-likeness (QED) is 0.502. The maximum atomic E-state index is 13.5. The highest BCUT2D eigenvalue weighted by Gasteiger charge is 2.38. The lowest BCUT2D eigenvalue weighted by Crippen LogP contribution is -2.15. The summed E-state index contributed by atoms with van der Waals surface area (Å²) in [5, 5.41) is 0. The van der Waals surface area contributed by atoms with E-state index in [1.807, 2.05) is 6.08 Å². The van der Waals surface area contributed by atoms with Crippen LogP contribution in [0, 0.1) is 17.6 Å². The molecule has 1 aliphatic rings. The second kappa shape index (κ2) is 5.54. The van der Waals surface area contributed by atoms with Crippen molar-refractivity contribution < 1.29 is 22.0 Å². The summed E-state index contributed by atoms with van der Waals surface area (Å²) in [6.07, 6.45) is -0.0456.